The summed E-state index contributed by atoms with van der Waals surface area (Å²) < 4.78 is 11.4. The van der Waals surface area contributed by atoms with Gasteiger partial charge in [0.15, 0.2) is 11.5 Å². The molecule has 57 heavy (non-hydrogen) atoms. The number of carbonyl (C=O) groups excluding carboxylic acids is 1. The van der Waals surface area contributed by atoms with Crippen LogP contribution >= 0.6 is 0 Å². The zero-order valence-electron chi connectivity index (χ0n) is 31.1. The largest absolute Gasteiger partial charge is 0.508 e. The van der Waals surface area contributed by atoms with Crippen LogP contribution in [0.1, 0.15) is 78.0 Å². The fourth-order valence-corrected chi connectivity index (χ4v) is 9.82. The standard InChI is InChI=1S/C43H47N3O11/c47-21-35-38(51)39(52)40(53)42(57-35)56-34-18-31-28(17-33(34)49)29(19-43-14-4-3-6-26(43)11-10-24-5-1-2-7-30(24)43)37(41(54)55)46(31)36(50)13-9-23-8-12-32(48)25(15-23)16-27-20-44-22-45-27/h1-2,5,7-9,12-13,15,17-18,20,22,26,29,35,37-40,42,47-49,51-53H,3-4,6,10-11,14,16,19,21H2,(H,44,45)(H,54,55). The lowest BCUT2D eigenvalue weighted by Gasteiger charge is -2.50. The summed E-state index contributed by atoms with van der Waals surface area (Å²) in [5, 5.41) is 74.2. The molecule has 1 saturated heterocycles. The minimum Gasteiger partial charge on any atom is -0.508 e. The maximum atomic E-state index is 14.5. The fraction of sp³-hybridized carbons (Fsp3) is 0.419. The Morgan fingerprint density at radius 2 is 1.82 bits per heavy atom. The van der Waals surface area contributed by atoms with Crippen LogP contribution in [0.2, 0.25) is 0 Å². The minimum atomic E-state index is -1.78. The molecule has 8 rings (SSSR count). The molecule has 0 radical (unpaired) electrons. The molecule has 8 N–H and O–H groups in total. The zero-order valence-corrected chi connectivity index (χ0v) is 31.1. The molecular formula is C43H47N3O11. The molecular weight excluding hydrogens is 734 g/mol. The van der Waals surface area contributed by atoms with E-state index in [1.807, 2.05) is 12.1 Å². The number of hydrogen-bond acceptors (Lipinski definition) is 11. The predicted molar refractivity (Wildman–Crippen MR) is 206 cm³/mol. The summed E-state index contributed by atoms with van der Waals surface area (Å²) in [4.78, 5) is 36.2. The molecule has 300 valence electrons. The van der Waals surface area contributed by atoms with Crippen LogP contribution < -0.4 is 9.64 Å². The molecule has 1 saturated carbocycles. The Bertz CT molecular complexity index is 2160. The van der Waals surface area contributed by atoms with Crippen molar-refractivity contribution in [2.24, 2.45) is 5.92 Å². The van der Waals surface area contributed by atoms with E-state index >= 15 is 0 Å². The molecule has 3 aromatic carbocycles. The average molecular weight is 782 g/mol. The van der Waals surface area contributed by atoms with Gasteiger partial charge in [0.2, 0.25) is 6.29 Å². The molecule has 2 aliphatic heterocycles. The maximum absolute atomic E-state index is 14.5. The van der Waals surface area contributed by atoms with E-state index in [-0.39, 0.29) is 22.6 Å². The third-order valence-electron chi connectivity index (χ3n) is 12.6. The fourth-order valence-electron chi connectivity index (χ4n) is 9.82. The number of aryl methyl sites for hydroxylation is 1. The summed E-state index contributed by atoms with van der Waals surface area (Å²) in [6.07, 6.45) is 4.47. The molecule has 1 amide bonds. The van der Waals surface area contributed by atoms with Gasteiger partial charge in [-0.3, -0.25) is 9.69 Å². The first-order chi connectivity index (χ1) is 27.5. The number of benzene rings is 3. The SMILES string of the molecule is O=C(O)C1C(CC23CCCCC2CCc2ccccc23)c2cc(O)c(OC3OC(CO)C(O)C(O)C3O)cc2N1C(=O)C=Cc1ccc(O)c(Cc2cnc[nH]2)c1. The van der Waals surface area contributed by atoms with E-state index in [0.29, 0.717) is 35.4 Å². The Labute approximate surface area is 328 Å². The van der Waals surface area contributed by atoms with Crippen LogP contribution in [0.3, 0.4) is 0 Å². The number of imidazole rings is 1. The van der Waals surface area contributed by atoms with Gasteiger partial charge < -0.3 is 50.2 Å². The topological polar surface area (TPSA) is 226 Å². The molecule has 9 atom stereocenters. The first-order valence-corrected chi connectivity index (χ1v) is 19.4. The number of H-pyrrole nitrogens is 1. The number of phenolic OH excluding ortho intramolecular Hbond substituents is 2. The van der Waals surface area contributed by atoms with Crippen LogP contribution in [0.4, 0.5) is 5.69 Å². The summed E-state index contributed by atoms with van der Waals surface area (Å²) in [7, 11) is 0. The third kappa shape index (κ3) is 7.06. The molecule has 14 heteroatoms. The summed E-state index contributed by atoms with van der Waals surface area (Å²) in [6.45, 7) is -0.699. The lowest BCUT2D eigenvalue weighted by molar-refractivity contribution is -0.277. The highest BCUT2D eigenvalue weighted by Crippen LogP contribution is 2.58. The maximum Gasteiger partial charge on any atom is 0.327 e. The van der Waals surface area contributed by atoms with Gasteiger partial charge in [-0.05, 0) is 90.0 Å². The van der Waals surface area contributed by atoms with Gasteiger partial charge in [-0.1, -0.05) is 43.2 Å². The molecule has 1 aromatic heterocycles. The highest BCUT2D eigenvalue weighted by molar-refractivity contribution is 6.10. The van der Waals surface area contributed by atoms with E-state index in [0.717, 1.165) is 44.2 Å². The molecule has 4 aromatic rings. The van der Waals surface area contributed by atoms with Gasteiger partial charge >= 0.3 is 5.97 Å². The van der Waals surface area contributed by atoms with Crippen LogP contribution in [0.5, 0.6) is 17.2 Å². The number of aromatic hydroxyl groups is 2. The molecule has 4 aliphatic rings. The number of nitrogens with zero attached hydrogens (tertiary/aromatic N) is 2. The van der Waals surface area contributed by atoms with Gasteiger partial charge in [-0.2, -0.15) is 0 Å². The Kier molecular flexibility index (Phi) is 10.6. The predicted octanol–water partition coefficient (Wildman–Crippen LogP) is 3.65. The Hall–Kier alpha value is -5.25. The van der Waals surface area contributed by atoms with Gasteiger partial charge in [-0.15, -0.1) is 0 Å². The Morgan fingerprint density at radius 1 is 1.00 bits per heavy atom. The molecule has 0 bridgehead atoms. The van der Waals surface area contributed by atoms with Crippen LogP contribution in [0.15, 0.2) is 73.2 Å². The molecule has 14 nitrogen and oxygen atoms in total. The number of rotatable bonds is 10. The Balaban J connectivity index is 1.19. The lowest BCUT2D eigenvalue weighted by Crippen LogP contribution is -2.60. The zero-order chi connectivity index (χ0) is 40.0. The smallest absolute Gasteiger partial charge is 0.327 e. The number of phenols is 2. The second-order valence-electron chi connectivity index (χ2n) is 15.8. The summed E-state index contributed by atoms with van der Waals surface area (Å²) in [6, 6.07) is 14.6. The summed E-state index contributed by atoms with van der Waals surface area (Å²) in [5.41, 5.74) is 4.65. The molecule has 2 aliphatic carbocycles. The van der Waals surface area contributed by atoms with Crippen LogP contribution in [0.25, 0.3) is 6.08 Å². The van der Waals surface area contributed by atoms with Crippen LogP contribution in [0, 0.1) is 5.92 Å². The van der Waals surface area contributed by atoms with Crippen LogP contribution in [-0.2, 0) is 32.6 Å². The van der Waals surface area contributed by atoms with Crippen molar-refractivity contribution in [3.05, 3.63) is 107 Å². The number of aromatic amines is 1. The minimum absolute atomic E-state index is 0.0618. The van der Waals surface area contributed by atoms with Gasteiger partial charge in [0.25, 0.3) is 5.91 Å². The van der Waals surface area contributed by atoms with E-state index in [2.05, 4.69) is 22.1 Å². The number of ether oxygens (including phenoxy) is 2. The number of anilines is 1. The van der Waals surface area contributed by atoms with Crippen molar-refractivity contribution in [3.8, 4) is 17.2 Å². The van der Waals surface area contributed by atoms with E-state index < -0.39 is 66.9 Å². The first-order valence-electron chi connectivity index (χ1n) is 19.4. The second-order valence-corrected chi connectivity index (χ2v) is 15.8. The van der Waals surface area contributed by atoms with Gasteiger partial charge in [0.1, 0.15) is 36.2 Å². The molecule has 0 spiro atoms. The van der Waals surface area contributed by atoms with Crippen molar-refractivity contribution in [2.45, 2.75) is 99.4 Å². The number of carbonyl (C=O) groups is 2. The summed E-state index contributed by atoms with van der Waals surface area (Å²) in [5.74, 6) is -2.95. The third-order valence-corrected chi connectivity index (χ3v) is 12.6. The number of aliphatic hydroxyl groups excluding tert-OH is 4. The number of amides is 1. The van der Waals surface area contributed by atoms with Crippen molar-refractivity contribution in [1.82, 2.24) is 9.97 Å². The number of aromatic nitrogens is 2. The van der Waals surface area contributed by atoms with Gasteiger partial charge in [0, 0.05) is 41.9 Å². The number of carboxylic acid groups (broad SMARTS) is 1. The van der Waals surface area contributed by atoms with Crippen molar-refractivity contribution in [1.29, 1.82) is 0 Å². The first kappa shape index (κ1) is 38.6. The molecule has 2 fully saturated rings. The molecule has 9 unspecified atom stereocenters. The van der Waals surface area contributed by atoms with E-state index in [1.54, 1.807) is 24.4 Å². The average Bonchev–Trinajstić information content (AvgIpc) is 3.84. The van der Waals surface area contributed by atoms with Crippen molar-refractivity contribution in [3.63, 3.8) is 0 Å². The van der Waals surface area contributed by atoms with Gasteiger partial charge in [-0.25, -0.2) is 9.78 Å². The van der Waals surface area contributed by atoms with E-state index in [4.69, 9.17) is 9.47 Å². The Morgan fingerprint density at radius 3 is 2.60 bits per heavy atom. The van der Waals surface area contributed by atoms with Crippen LogP contribution in [-0.4, -0.2) is 101 Å². The second kappa shape index (κ2) is 15.6. The molecule has 3 heterocycles. The van der Waals surface area contributed by atoms with E-state index in [1.165, 1.54) is 46.6 Å². The van der Waals surface area contributed by atoms with E-state index in [9.17, 15) is 45.3 Å². The van der Waals surface area contributed by atoms with Crippen molar-refractivity contribution < 1.29 is 54.8 Å². The summed E-state index contributed by atoms with van der Waals surface area (Å²) >= 11 is 0. The monoisotopic (exact) mass is 781 g/mol. The van der Waals surface area contributed by atoms with Crippen molar-refractivity contribution >= 4 is 23.6 Å². The highest BCUT2D eigenvalue weighted by atomic mass is 16.7. The quantitative estimate of drug-likeness (QED) is 0.108. The number of carboxylic acids is 1. The normalized spacial score (nSPS) is 29.4. The van der Waals surface area contributed by atoms with Gasteiger partial charge in [0.05, 0.1) is 18.6 Å². The lowest BCUT2D eigenvalue weighted by atomic mass is 9.54. The number of hydrogen-bond donors (Lipinski definition) is 8. The highest BCUT2D eigenvalue weighted by Gasteiger charge is 2.53. The number of aliphatic hydroxyl groups is 4. The number of nitrogens with one attached hydrogen (secondary N) is 1. The number of fused-ring (bicyclic) bond motifs is 4. The van der Waals surface area contributed by atoms with Crippen molar-refractivity contribution in [2.75, 3.05) is 11.5 Å². The number of aliphatic carboxylic acids is 1.